The molecule has 0 unspecified atom stereocenters. The highest BCUT2D eigenvalue weighted by molar-refractivity contribution is 5.82. The van der Waals surface area contributed by atoms with E-state index in [1.165, 1.54) is 4.90 Å². The Balaban J connectivity index is 1.50. The number of aromatic nitrogens is 2. The summed E-state index contributed by atoms with van der Waals surface area (Å²) in [5, 5.41) is 0. The van der Waals surface area contributed by atoms with Crippen molar-refractivity contribution in [2.24, 2.45) is 0 Å². The molecule has 3 heterocycles. The van der Waals surface area contributed by atoms with Crippen molar-refractivity contribution in [3.63, 3.8) is 0 Å². The molecule has 2 aromatic rings. The van der Waals surface area contributed by atoms with E-state index in [9.17, 15) is 4.79 Å². The second kappa shape index (κ2) is 8.45. The zero-order chi connectivity index (χ0) is 18.5. The van der Waals surface area contributed by atoms with E-state index < -0.39 is 0 Å². The molecule has 1 aromatic carbocycles. The fraction of sp³-hybridized carbons (Fsp3) is 0.450. The Morgan fingerprint density at radius 2 is 1.63 bits per heavy atom. The summed E-state index contributed by atoms with van der Waals surface area (Å²) in [6, 6.07) is 11.8. The van der Waals surface area contributed by atoms with E-state index in [2.05, 4.69) is 27.0 Å². The highest BCUT2D eigenvalue weighted by atomic mass is 16.5. The van der Waals surface area contributed by atoms with Crippen molar-refractivity contribution in [2.75, 3.05) is 57.4 Å². The van der Waals surface area contributed by atoms with Gasteiger partial charge in [0.25, 0.3) is 5.91 Å². The molecule has 0 spiro atoms. The van der Waals surface area contributed by atoms with Crippen molar-refractivity contribution in [3.05, 3.63) is 54.4 Å². The minimum Gasteiger partial charge on any atom is -0.378 e. The van der Waals surface area contributed by atoms with Crippen LogP contribution in [0.25, 0.3) is 0 Å². The molecule has 1 N–H and O–H groups in total. The summed E-state index contributed by atoms with van der Waals surface area (Å²) < 4.78 is 5.42. The molecule has 1 atom stereocenters. The number of nitrogens with zero attached hydrogens (tertiary/aromatic N) is 4. The number of rotatable bonds is 4. The summed E-state index contributed by atoms with van der Waals surface area (Å²) in [7, 11) is 0. The Morgan fingerprint density at radius 1 is 0.963 bits per heavy atom. The average Bonchev–Trinajstić information content (AvgIpc) is 2.76. The maximum atomic E-state index is 13.4. The van der Waals surface area contributed by atoms with Crippen LogP contribution in [0.3, 0.4) is 0 Å². The quantitative estimate of drug-likeness (QED) is 0.809. The van der Waals surface area contributed by atoms with Crippen LogP contribution in [-0.4, -0.2) is 73.3 Å². The van der Waals surface area contributed by atoms with Gasteiger partial charge in [0.15, 0.2) is 6.04 Å². The van der Waals surface area contributed by atoms with Gasteiger partial charge in [-0.3, -0.25) is 4.79 Å². The summed E-state index contributed by atoms with van der Waals surface area (Å²) >= 11 is 0. The highest BCUT2D eigenvalue weighted by Gasteiger charge is 2.37. The maximum Gasteiger partial charge on any atom is 0.285 e. The molecule has 0 bridgehead atoms. The largest absolute Gasteiger partial charge is 0.378 e. The molecule has 142 valence electrons. The molecule has 2 aliphatic rings. The molecular formula is C20H26N5O2+. The monoisotopic (exact) mass is 368 g/mol. The van der Waals surface area contributed by atoms with Gasteiger partial charge in [-0.15, -0.1) is 0 Å². The van der Waals surface area contributed by atoms with Gasteiger partial charge in [0.1, 0.15) is 0 Å². The Bertz CT molecular complexity index is 729. The van der Waals surface area contributed by atoms with Crippen molar-refractivity contribution in [1.29, 1.82) is 0 Å². The number of morpholine rings is 1. The molecule has 0 saturated carbocycles. The number of benzene rings is 1. The first-order valence-corrected chi connectivity index (χ1v) is 9.61. The number of carbonyl (C=O) groups excluding carboxylic acids is 1. The zero-order valence-corrected chi connectivity index (χ0v) is 15.5. The summed E-state index contributed by atoms with van der Waals surface area (Å²) in [4.78, 5) is 27.5. The van der Waals surface area contributed by atoms with Gasteiger partial charge in [-0.1, -0.05) is 30.3 Å². The van der Waals surface area contributed by atoms with Crippen LogP contribution < -0.4 is 9.80 Å². The smallest absolute Gasteiger partial charge is 0.285 e. The van der Waals surface area contributed by atoms with Gasteiger partial charge >= 0.3 is 0 Å². The van der Waals surface area contributed by atoms with Crippen LogP contribution in [0.2, 0.25) is 0 Å². The molecule has 1 aromatic heterocycles. The number of hydrogen-bond acceptors (Lipinski definition) is 5. The van der Waals surface area contributed by atoms with Crippen LogP contribution in [0.15, 0.2) is 48.8 Å². The van der Waals surface area contributed by atoms with E-state index >= 15 is 0 Å². The Kier molecular flexibility index (Phi) is 5.60. The fourth-order valence-electron chi connectivity index (χ4n) is 3.90. The maximum absolute atomic E-state index is 13.4. The Morgan fingerprint density at radius 3 is 2.30 bits per heavy atom. The number of nitrogens with one attached hydrogen (secondary N) is 1. The first-order valence-electron chi connectivity index (χ1n) is 9.61. The summed E-state index contributed by atoms with van der Waals surface area (Å²) in [5.74, 6) is 0.983. The first kappa shape index (κ1) is 17.9. The molecule has 0 radical (unpaired) electrons. The van der Waals surface area contributed by atoms with Gasteiger partial charge in [-0.05, 0) is 6.07 Å². The van der Waals surface area contributed by atoms with Gasteiger partial charge in [-0.25, -0.2) is 9.97 Å². The number of quaternary nitrogens is 1. The average molecular weight is 368 g/mol. The summed E-state index contributed by atoms with van der Waals surface area (Å²) in [6.07, 6.45) is 3.55. The fourth-order valence-corrected chi connectivity index (χ4v) is 3.90. The highest BCUT2D eigenvalue weighted by Crippen LogP contribution is 2.15. The van der Waals surface area contributed by atoms with Crippen molar-refractivity contribution >= 4 is 11.9 Å². The minimum atomic E-state index is -0.164. The van der Waals surface area contributed by atoms with Crippen LogP contribution in [0, 0.1) is 0 Å². The van der Waals surface area contributed by atoms with E-state index in [1.807, 2.05) is 29.2 Å². The lowest BCUT2D eigenvalue weighted by molar-refractivity contribution is -0.923. The lowest BCUT2D eigenvalue weighted by Crippen LogP contribution is -3.16. The molecule has 2 aliphatic heterocycles. The van der Waals surface area contributed by atoms with Gasteiger partial charge in [-0.2, -0.15) is 0 Å². The Labute approximate surface area is 159 Å². The molecule has 0 aliphatic carbocycles. The third-order valence-corrected chi connectivity index (χ3v) is 5.35. The number of piperazine rings is 1. The van der Waals surface area contributed by atoms with Crippen molar-refractivity contribution in [1.82, 2.24) is 14.9 Å². The van der Waals surface area contributed by atoms with E-state index in [1.54, 1.807) is 12.4 Å². The van der Waals surface area contributed by atoms with Crippen LogP contribution in [0.4, 0.5) is 5.95 Å². The standard InChI is InChI=1S/C20H25N5O2/c26-19(24-13-15-27-16-14-24)18(17-5-2-1-3-6-17)23-9-11-25(12-10-23)20-21-7-4-8-22-20/h1-8,18H,9-16H2/p+1/t18-/m0/s1. The molecule has 7 nitrogen and oxygen atoms in total. The molecule has 2 saturated heterocycles. The molecule has 4 rings (SSSR count). The van der Waals surface area contributed by atoms with Crippen molar-refractivity contribution in [2.45, 2.75) is 6.04 Å². The van der Waals surface area contributed by atoms with E-state index in [4.69, 9.17) is 4.74 Å². The van der Waals surface area contributed by atoms with Crippen LogP contribution >= 0.6 is 0 Å². The van der Waals surface area contributed by atoms with Gasteiger partial charge in [0.05, 0.1) is 39.4 Å². The molecule has 7 heteroatoms. The molecule has 1 amide bonds. The van der Waals surface area contributed by atoms with Crippen molar-refractivity contribution in [3.8, 4) is 0 Å². The minimum absolute atomic E-state index is 0.164. The predicted molar refractivity (Wildman–Crippen MR) is 102 cm³/mol. The summed E-state index contributed by atoms with van der Waals surface area (Å²) in [6.45, 7) is 6.07. The van der Waals surface area contributed by atoms with Gasteiger partial charge in [0.2, 0.25) is 5.95 Å². The molecule has 2 fully saturated rings. The third kappa shape index (κ3) is 4.09. The number of ether oxygens (including phenoxy) is 1. The van der Waals surface area contributed by atoms with E-state index in [-0.39, 0.29) is 11.9 Å². The zero-order valence-electron chi connectivity index (χ0n) is 15.5. The lowest BCUT2D eigenvalue weighted by atomic mass is 10.0. The van der Waals surface area contributed by atoms with Crippen molar-refractivity contribution < 1.29 is 14.4 Å². The van der Waals surface area contributed by atoms with E-state index in [0.29, 0.717) is 26.3 Å². The number of carbonyl (C=O) groups is 1. The SMILES string of the molecule is O=C([C@H](c1ccccc1)[NH+]1CCN(c2ncccn2)CC1)N1CCOCC1. The van der Waals surface area contributed by atoms with Gasteiger partial charge < -0.3 is 19.4 Å². The molecular weight excluding hydrogens is 342 g/mol. The predicted octanol–water partition coefficient (Wildman–Crippen LogP) is -0.218. The number of anilines is 1. The number of amides is 1. The molecule has 27 heavy (non-hydrogen) atoms. The van der Waals surface area contributed by atoms with Gasteiger partial charge in [0, 0.05) is 31.0 Å². The van der Waals surface area contributed by atoms with Crippen LogP contribution in [0.1, 0.15) is 11.6 Å². The van der Waals surface area contributed by atoms with Crippen LogP contribution in [-0.2, 0) is 9.53 Å². The second-order valence-electron chi connectivity index (χ2n) is 6.98. The third-order valence-electron chi connectivity index (χ3n) is 5.35. The summed E-state index contributed by atoms with van der Waals surface area (Å²) in [5.41, 5.74) is 1.09. The number of hydrogen-bond donors (Lipinski definition) is 1. The second-order valence-corrected chi connectivity index (χ2v) is 6.98. The Hall–Kier alpha value is -2.51. The lowest BCUT2D eigenvalue weighted by Gasteiger charge is -2.38. The topological polar surface area (TPSA) is 63.0 Å². The normalized spacial score (nSPS) is 19.7. The van der Waals surface area contributed by atoms with E-state index in [0.717, 1.165) is 37.7 Å². The first-order chi connectivity index (χ1) is 13.3. The van der Waals surface area contributed by atoms with Crippen LogP contribution in [0.5, 0.6) is 0 Å².